The van der Waals surface area contributed by atoms with Crippen LogP contribution in [0.5, 0.6) is 0 Å². The molecule has 0 atom stereocenters. The average Bonchev–Trinajstić information content (AvgIpc) is 2.82. The predicted octanol–water partition coefficient (Wildman–Crippen LogP) is 1.99. The first-order valence-electron chi connectivity index (χ1n) is 4.24. The van der Waals surface area contributed by atoms with Crippen molar-refractivity contribution in [3.8, 4) is 0 Å². The van der Waals surface area contributed by atoms with Crippen molar-refractivity contribution in [1.82, 2.24) is 0 Å². The normalized spacial score (nSPS) is 18.7. The SMILES string of the molecule is OCC1(c2cc(F)cc(F)c2)CC1. The molecule has 1 fully saturated rings. The summed E-state index contributed by atoms with van der Waals surface area (Å²) in [7, 11) is 0. The van der Waals surface area contributed by atoms with E-state index in [1.165, 1.54) is 12.1 Å². The fourth-order valence-corrected chi connectivity index (χ4v) is 1.55. The first-order chi connectivity index (χ1) is 6.16. The van der Waals surface area contributed by atoms with Gasteiger partial charge in [0.25, 0.3) is 0 Å². The van der Waals surface area contributed by atoms with Gasteiger partial charge in [0.05, 0.1) is 6.61 Å². The Morgan fingerprint density at radius 2 is 1.69 bits per heavy atom. The first-order valence-corrected chi connectivity index (χ1v) is 4.24. The standard InChI is InChI=1S/C10H10F2O/c11-8-3-7(4-9(12)5-8)10(6-13)1-2-10/h3-5,13H,1-2,6H2. The third-order valence-corrected chi connectivity index (χ3v) is 2.63. The van der Waals surface area contributed by atoms with Crippen molar-refractivity contribution in [3.63, 3.8) is 0 Å². The zero-order valence-corrected chi connectivity index (χ0v) is 7.06. The van der Waals surface area contributed by atoms with Gasteiger partial charge in [-0.2, -0.15) is 0 Å². The summed E-state index contributed by atoms with van der Waals surface area (Å²) in [4.78, 5) is 0. The van der Waals surface area contributed by atoms with Gasteiger partial charge >= 0.3 is 0 Å². The summed E-state index contributed by atoms with van der Waals surface area (Å²) in [6.45, 7) is -0.0319. The van der Waals surface area contributed by atoms with Gasteiger partial charge in [-0.1, -0.05) is 0 Å². The number of benzene rings is 1. The molecule has 2 rings (SSSR count). The number of rotatable bonds is 2. The van der Waals surface area contributed by atoms with Crippen LogP contribution in [0.4, 0.5) is 8.78 Å². The molecule has 1 nitrogen and oxygen atoms in total. The van der Waals surface area contributed by atoms with E-state index in [4.69, 9.17) is 5.11 Å². The number of hydrogen-bond donors (Lipinski definition) is 1. The van der Waals surface area contributed by atoms with Crippen molar-refractivity contribution in [2.75, 3.05) is 6.61 Å². The molecule has 1 N–H and O–H groups in total. The maximum absolute atomic E-state index is 12.8. The van der Waals surface area contributed by atoms with Crippen molar-refractivity contribution in [2.45, 2.75) is 18.3 Å². The third-order valence-electron chi connectivity index (χ3n) is 2.63. The first kappa shape index (κ1) is 8.63. The molecule has 0 saturated heterocycles. The van der Waals surface area contributed by atoms with E-state index in [0.717, 1.165) is 18.9 Å². The van der Waals surface area contributed by atoms with E-state index in [2.05, 4.69) is 0 Å². The van der Waals surface area contributed by atoms with Gasteiger partial charge in [0.15, 0.2) is 0 Å². The number of halogens is 2. The number of aliphatic hydroxyl groups excluding tert-OH is 1. The average molecular weight is 184 g/mol. The molecule has 0 heterocycles. The minimum atomic E-state index is -0.574. The van der Waals surface area contributed by atoms with E-state index in [0.29, 0.717) is 5.56 Å². The van der Waals surface area contributed by atoms with Crippen LogP contribution < -0.4 is 0 Å². The lowest BCUT2D eigenvalue weighted by Crippen LogP contribution is -2.12. The van der Waals surface area contributed by atoms with E-state index in [1.807, 2.05) is 0 Å². The van der Waals surface area contributed by atoms with Crippen molar-refractivity contribution in [3.05, 3.63) is 35.4 Å². The lowest BCUT2D eigenvalue weighted by Gasteiger charge is -2.11. The van der Waals surface area contributed by atoms with Crippen LogP contribution in [0.25, 0.3) is 0 Å². The maximum Gasteiger partial charge on any atom is 0.126 e. The largest absolute Gasteiger partial charge is 0.395 e. The van der Waals surface area contributed by atoms with Gasteiger partial charge in [-0.15, -0.1) is 0 Å². The van der Waals surface area contributed by atoms with Gasteiger partial charge < -0.3 is 5.11 Å². The van der Waals surface area contributed by atoms with Crippen LogP contribution in [0.1, 0.15) is 18.4 Å². The molecule has 0 bridgehead atoms. The van der Waals surface area contributed by atoms with Crippen LogP contribution in [0.3, 0.4) is 0 Å². The Labute approximate surface area is 75.0 Å². The van der Waals surface area contributed by atoms with Gasteiger partial charge in [0, 0.05) is 11.5 Å². The van der Waals surface area contributed by atoms with Crippen LogP contribution in [-0.4, -0.2) is 11.7 Å². The molecule has 13 heavy (non-hydrogen) atoms. The Kier molecular flexibility index (Phi) is 1.84. The molecule has 0 amide bonds. The maximum atomic E-state index is 12.8. The molecule has 0 radical (unpaired) electrons. The van der Waals surface area contributed by atoms with Gasteiger partial charge in [-0.25, -0.2) is 8.78 Å². The molecule has 0 aliphatic heterocycles. The lowest BCUT2D eigenvalue weighted by molar-refractivity contribution is 0.254. The van der Waals surface area contributed by atoms with Crippen molar-refractivity contribution < 1.29 is 13.9 Å². The van der Waals surface area contributed by atoms with Crippen LogP contribution in [0.15, 0.2) is 18.2 Å². The van der Waals surface area contributed by atoms with E-state index in [1.54, 1.807) is 0 Å². The number of aliphatic hydroxyl groups is 1. The highest BCUT2D eigenvalue weighted by molar-refractivity contribution is 5.32. The minimum Gasteiger partial charge on any atom is -0.395 e. The second kappa shape index (κ2) is 2.77. The zero-order valence-electron chi connectivity index (χ0n) is 7.06. The van der Waals surface area contributed by atoms with Gasteiger partial charge in [-0.3, -0.25) is 0 Å². The molecule has 1 saturated carbocycles. The molecule has 0 unspecified atom stereocenters. The van der Waals surface area contributed by atoms with Crippen LogP contribution in [-0.2, 0) is 5.41 Å². The van der Waals surface area contributed by atoms with E-state index >= 15 is 0 Å². The summed E-state index contributed by atoms with van der Waals surface area (Å²) >= 11 is 0. The molecule has 3 heteroatoms. The van der Waals surface area contributed by atoms with E-state index < -0.39 is 11.6 Å². The molecular weight excluding hydrogens is 174 g/mol. The molecular formula is C10H10F2O. The van der Waals surface area contributed by atoms with Crippen molar-refractivity contribution >= 4 is 0 Å². The Morgan fingerprint density at radius 3 is 2.08 bits per heavy atom. The van der Waals surface area contributed by atoms with Gasteiger partial charge in [-0.05, 0) is 30.5 Å². The zero-order chi connectivity index (χ0) is 9.47. The quantitative estimate of drug-likeness (QED) is 0.745. The molecule has 70 valence electrons. The van der Waals surface area contributed by atoms with Crippen molar-refractivity contribution in [1.29, 1.82) is 0 Å². The summed E-state index contributed by atoms with van der Waals surface area (Å²) in [6, 6.07) is 3.44. The van der Waals surface area contributed by atoms with Crippen molar-refractivity contribution in [2.24, 2.45) is 0 Å². The molecule has 1 aliphatic rings. The lowest BCUT2D eigenvalue weighted by atomic mass is 9.97. The molecule has 1 aromatic rings. The molecule has 0 spiro atoms. The van der Waals surface area contributed by atoms with E-state index in [-0.39, 0.29) is 12.0 Å². The summed E-state index contributed by atoms with van der Waals surface area (Å²) < 4.78 is 25.6. The summed E-state index contributed by atoms with van der Waals surface area (Å²) in [5.74, 6) is -1.15. The van der Waals surface area contributed by atoms with Gasteiger partial charge in [0.1, 0.15) is 11.6 Å². The fraction of sp³-hybridized carbons (Fsp3) is 0.400. The molecule has 1 aromatic carbocycles. The fourth-order valence-electron chi connectivity index (χ4n) is 1.55. The topological polar surface area (TPSA) is 20.2 Å². The molecule has 0 aromatic heterocycles. The van der Waals surface area contributed by atoms with Gasteiger partial charge in [0.2, 0.25) is 0 Å². The Hall–Kier alpha value is -0.960. The minimum absolute atomic E-state index is 0.0319. The summed E-state index contributed by atoms with van der Waals surface area (Å²) in [5, 5.41) is 9.05. The second-order valence-electron chi connectivity index (χ2n) is 3.60. The Bertz CT molecular complexity index is 311. The van der Waals surface area contributed by atoms with E-state index in [9.17, 15) is 8.78 Å². The predicted molar refractivity (Wildman–Crippen MR) is 44.4 cm³/mol. The Balaban J connectivity index is 2.40. The smallest absolute Gasteiger partial charge is 0.126 e. The highest BCUT2D eigenvalue weighted by Gasteiger charge is 2.44. The highest BCUT2D eigenvalue weighted by Crippen LogP contribution is 2.47. The summed E-state index contributed by atoms with van der Waals surface area (Å²) in [6.07, 6.45) is 1.62. The summed E-state index contributed by atoms with van der Waals surface area (Å²) in [5.41, 5.74) is 0.218. The molecule has 1 aliphatic carbocycles. The van der Waals surface area contributed by atoms with Crippen LogP contribution >= 0.6 is 0 Å². The third kappa shape index (κ3) is 1.44. The second-order valence-corrected chi connectivity index (χ2v) is 3.60. The number of hydrogen-bond acceptors (Lipinski definition) is 1. The monoisotopic (exact) mass is 184 g/mol. The Morgan fingerprint density at radius 1 is 1.15 bits per heavy atom. The van der Waals surface area contributed by atoms with Crippen LogP contribution in [0.2, 0.25) is 0 Å². The highest BCUT2D eigenvalue weighted by atomic mass is 19.1. The van der Waals surface area contributed by atoms with Crippen LogP contribution in [0, 0.1) is 11.6 Å².